The highest BCUT2D eigenvalue weighted by molar-refractivity contribution is 9.10. The molecular weight excluding hydrogens is 392 g/mol. The van der Waals surface area contributed by atoms with E-state index in [1.54, 1.807) is 5.01 Å². The molecule has 3 aromatic rings. The van der Waals surface area contributed by atoms with Crippen LogP contribution in [0.3, 0.4) is 0 Å². The maximum atomic E-state index is 12.1. The molecule has 0 N–H and O–H groups in total. The number of hydrogen-bond donors (Lipinski definition) is 0. The van der Waals surface area contributed by atoms with Crippen molar-refractivity contribution < 1.29 is 4.79 Å². The summed E-state index contributed by atoms with van der Waals surface area (Å²) in [5.41, 5.74) is 3.60. The minimum absolute atomic E-state index is 0.0667. The summed E-state index contributed by atoms with van der Waals surface area (Å²) in [4.78, 5) is 21.0. The van der Waals surface area contributed by atoms with Crippen LogP contribution in [0.2, 0.25) is 0 Å². The van der Waals surface area contributed by atoms with Crippen molar-refractivity contribution in [3.05, 3.63) is 70.6 Å². The Morgan fingerprint density at radius 3 is 2.85 bits per heavy atom. The molecule has 4 rings (SSSR count). The number of carbonyl (C=O) groups is 1. The molecule has 26 heavy (non-hydrogen) atoms. The lowest BCUT2D eigenvalue weighted by Crippen LogP contribution is -2.22. The first kappa shape index (κ1) is 16.8. The van der Waals surface area contributed by atoms with Crippen molar-refractivity contribution in [1.29, 1.82) is 0 Å². The summed E-state index contributed by atoms with van der Waals surface area (Å²) in [5.74, 6) is 0.0667. The van der Waals surface area contributed by atoms with Crippen LogP contribution in [-0.2, 0) is 11.2 Å². The fourth-order valence-electron chi connectivity index (χ4n) is 3.12. The van der Waals surface area contributed by atoms with Gasteiger partial charge < -0.3 is 0 Å². The maximum absolute atomic E-state index is 12.1. The average molecular weight is 409 g/mol. The molecule has 3 heterocycles. The minimum atomic E-state index is 0.0667. The van der Waals surface area contributed by atoms with Crippen LogP contribution in [-0.4, -0.2) is 33.1 Å². The van der Waals surface area contributed by atoms with Crippen LogP contribution in [0, 0.1) is 0 Å². The molecule has 1 aliphatic heterocycles. The Morgan fingerprint density at radius 2 is 2.04 bits per heavy atom. The molecule has 1 fully saturated rings. The first-order valence-corrected chi connectivity index (χ1v) is 9.33. The molecule has 1 aliphatic rings. The predicted octanol–water partition coefficient (Wildman–Crippen LogP) is 3.96. The van der Waals surface area contributed by atoms with Gasteiger partial charge in [0.25, 0.3) is 0 Å². The Hall–Kier alpha value is -2.60. The van der Waals surface area contributed by atoms with Gasteiger partial charge >= 0.3 is 0 Å². The first-order valence-electron chi connectivity index (χ1n) is 8.54. The van der Waals surface area contributed by atoms with Crippen molar-refractivity contribution in [2.24, 2.45) is 5.10 Å². The van der Waals surface area contributed by atoms with E-state index in [-0.39, 0.29) is 5.91 Å². The van der Waals surface area contributed by atoms with Crippen LogP contribution < -0.4 is 0 Å². The smallest absolute Gasteiger partial charge is 0.242 e. The quantitative estimate of drug-likeness (QED) is 0.484. The molecule has 0 radical (unpaired) electrons. The van der Waals surface area contributed by atoms with Crippen molar-refractivity contribution in [2.45, 2.75) is 19.3 Å². The topological polar surface area (TPSA) is 58.5 Å². The van der Waals surface area contributed by atoms with E-state index >= 15 is 0 Å². The van der Waals surface area contributed by atoms with Crippen molar-refractivity contribution in [1.82, 2.24) is 15.0 Å². The van der Waals surface area contributed by atoms with Crippen LogP contribution >= 0.6 is 15.9 Å². The molecule has 1 saturated heterocycles. The molecule has 6 heteroatoms. The Bertz CT molecular complexity index is 997. The highest BCUT2D eigenvalue weighted by Gasteiger charge is 2.21. The number of fused-ring (bicyclic) bond motifs is 1. The lowest BCUT2D eigenvalue weighted by Gasteiger charge is -2.14. The largest absolute Gasteiger partial charge is 0.273 e. The molecule has 130 valence electrons. The van der Waals surface area contributed by atoms with Gasteiger partial charge in [0.2, 0.25) is 5.91 Å². The molecule has 1 aromatic carbocycles. The summed E-state index contributed by atoms with van der Waals surface area (Å²) in [5, 5.41) is 7.33. The second-order valence-electron chi connectivity index (χ2n) is 6.18. The summed E-state index contributed by atoms with van der Waals surface area (Å²) in [6.45, 7) is 0.660. The van der Waals surface area contributed by atoms with Crippen molar-refractivity contribution in [3.8, 4) is 0 Å². The van der Waals surface area contributed by atoms with Crippen LogP contribution in [0.15, 0.2) is 64.4 Å². The molecule has 0 bridgehead atoms. The molecular formula is C20H17BrN4O. The Balaban J connectivity index is 1.77. The number of amides is 1. The lowest BCUT2D eigenvalue weighted by atomic mass is 10.0. The van der Waals surface area contributed by atoms with Crippen LogP contribution in [0.5, 0.6) is 0 Å². The zero-order valence-corrected chi connectivity index (χ0v) is 15.7. The SMILES string of the molecule is O=C1CCCN1/N=C(\Cc1ccnc2ccccc12)c1cccc(Br)n1. The van der Waals surface area contributed by atoms with Gasteiger partial charge in [0, 0.05) is 31.0 Å². The van der Waals surface area contributed by atoms with E-state index in [1.165, 1.54) is 0 Å². The maximum Gasteiger partial charge on any atom is 0.242 e. The molecule has 0 unspecified atom stereocenters. The van der Waals surface area contributed by atoms with Crippen LogP contribution in [0.4, 0.5) is 0 Å². The van der Waals surface area contributed by atoms with Crippen LogP contribution in [0.1, 0.15) is 24.1 Å². The van der Waals surface area contributed by atoms with Gasteiger partial charge in [0.15, 0.2) is 0 Å². The van der Waals surface area contributed by atoms with E-state index in [9.17, 15) is 4.79 Å². The second-order valence-corrected chi connectivity index (χ2v) is 6.99. The van der Waals surface area contributed by atoms with Gasteiger partial charge in [-0.05, 0) is 52.2 Å². The van der Waals surface area contributed by atoms with Crippen molar-refractivity contribution in [3.63, 3.8) is 0 Å². The summed E-state index contributed by atoms with van der Waals surface area (Å²) in [7, 11) is 0. The standard InChI is InChI=1S/C20H17BrN4O/c21-19-8-3-7-17(23-19)18(24-25-12-4-9-20(25)26)13-14-10-11-22-16-6-2-1-5-15(14)16/h1-3,5-8,10-11H,4,9,12-13H2/b24-18+. The second kappa shape index (κ2) is 7.33. The molecule has 2 aromatic heterocycles. The fourth-order valence-corrected chi connectivity index (χ4v) is 3.46. The number of aromatic nitrogens is 2. The molecule has 1 amide bonds. The van der Waals surface area contributed by atoms with Gasteiger partial charge in [-0.3, -0.25) is 9.78 Å². The Morgan fingerprint density at radius 1 is 1.15 bits per heavy atom. The highest BCUT2D eigenvalue weighted by Crippen LogP contribution is 2.20. The minimum Gasteiger partial charge on any atom is -0.273 e. The molecule has 0 spiro atoms. The third kappa shape index (κ3) is 3.51. The van der Waals surface area contributed by atoms with E-state index in [2.05, 4.69) is 37.1 Å². The lowest BCUT2D eigenvalue weighted by molar-refractivity contribution is -0.127. The van der Waals surface area contributed by atoms with Crippen LogP contribution in [0.25, 0.3) is 10.9 Å². The number of pyridine rings is 2. The number of hydrazone groups is 1. The number of rotatable bonds is 4. The number of para-hydroxylation sites is 1. The summed E-state index contributed by atoms with van der Waals surface area (Å²) < 4.78 is 0.745. The van der Waals surface area contributed by atoms with Crippen molar-refractivity contribution in [2.75, 3.05) is 6.54 Å². The number of benzene rings is 1. The molecule has 0 aliphatic carbocycles. The summed E-state index contributed by atoms with van der Waals surface area (Å²) in [6, 6.07) is 15.8. The van der Waals surface area contributed by atoms with E-state index < -0.39 is 0 Å². The van der Waals surface area contributed by atoms with E-state index in [1.807, 2.05) is 48.7 Å². The third-order valence-corrected chi connectivity index (χ3v) is 4.84. The van der Waals surface area contributed by atoms with E-state index in [0.717, 1.165) is 38.9 Å². The predicted molar refractivity (Wildman–Crippen MR) is 105 cm³/mol. The van der Waals surface area contributed by atoms with Gasteiger partial charge in [0.1, 0.15) is 4.60 Å². The molecule has 0 atom stereocenters. The number of nitrogens with zero attached hydrogens (tertiary/aromatic N) is 4. The van der Waals surface area contributed by atoms with E-state index in [4.69, 9.17) is 0 Å². The highest BCUT2D eigenvalue weighted by atomic mass is 79.9. The number of hydrogen-bond acceptors (Lipinski definition) is 4. The fraction of sp³-hybridized carbons (Fsp3) is 0.200. The van der Waals surface area contributed by atoms with Gasteiger partial charge in [-0.15, -0.1) is 0 Å². The molecule has 0 saturated carbocycles. The van der Waals surface area contributed by atoms with Crippen molar-refractivity contribution >= 4 is 38.5 Å². The summed E-state index contributed by atoms with van der Waals surface area (Å²) >= 11 is 3.42. The first-order chi connectivity index (χ1) is 12.7. The van der Waals surface area contributed by atoms with E-state index in [0.29, 0.717) is 19.4 Å². The molecule has 5 nitrogen and oxygen atoms in total. The Kier molecular flexibility index (Phi) is 4.75. The average Bonchev–Trinajstić information content (AvgIpc) is 3.06. The Labute approximate surface area is 159 Å². The zero-order valence-electron chi connectivity index (χ0n) is 14.1. The summed E-state index contributed by atoms with van der Waals surface area (Å²) in [6.07, 6.45) is 3.79. The zero-order chi connectivity index (χ0) is 17.9. The van der Waals surface area contributed by atoms with Gasteiger partial charge in [-0.1, -0.05) is 24.3 Å². The van der Waals surface area contributed by atoms with Gasteiger partial charge in [-0.2, -0.15) is 5.10 Å². The number of halogens is 1. The number of carbonyl (C=O) groups excluding carboxylic acids is 1. The monoisotopic (exact) mass is 408 g/mol. The normalized spacial score (nSPS) is 15.0. The van der Waals surface area contributed by atoms with Gasteiger partial charge in [0.05, 0.1) is 16.9 Å². The third-order valence-electron chi connectivity index (χ3n) is 4.40. The van der Waals surface area contributed by atoms with Gasteiger partial charge in [-0.25, -0.2) is 9.99 Å².